The van der Waals surface area contributed by atoms with Crippen molar-refractivity contribution in [1.29, 1.82) is 0 Å². The molecule has 1 aliphatic rings. The summed E-state index contributed by atoms with van der Waals surface area (Å²) >= 11 is 4.45. The number of thiol groups is 1. The van der Waals surface area contributed by atoms with Gasteiger partial charge in [-0.1, -0.05) is 0 Å². The Labute approximate surface area is 120 Å². The molecular weight excluding hydrogens is 258 g/mol. The van der Waals surface area contributed by atoms with Crippen LogP contribution in [0.1, 0.15) is 30.0 Å². The van der Waals surface area contributed by atoms with E-state index >= 15 is 0 Å². The lowest BCUT2D eigenvalue weighted by atomic mass is 10.2. The first-order valence-corrected chi connectivity index (χ1v) is 7.24. The van der Waals surface area contributed by atoms with Crippen LogP contribution >= 0.6 is 12.6 Å². The number of aliphatic hydroxyl groups is 1. The van der Waals surface area contributed by atoms with Crippen molar-refractivity contribution in [1.82, 2.24) is 9.88 Å². The Balaban J connectivity index is 2.30. The molecule has 0 aliphatic carbocycles. The van der Waals surface area contributed by atoms with E-state index in [2.05, 4.69) is 28.5 Å². The third-order valence-electron chi connectivity index (χ3n) is 3.37. The van der Waals surface area contributed by atoms with Gasteiger partial charge in [0.1, 0.15) is 0 Å². The molecule has 1 aliphatic heterocycles. The third-order valence-corrected chi connectivity index (χ3v) is 3.63. The predicted molar refractivity (Wildman–Crippen MR) is 81.9 cm³/mol. The third kappa shape index (κ3) is 3.61. The normalized spacial score (nSPS) is 21.2. The molecule has 2 unspecified atom stereocenters. The van der Waals surface area contributed by atoms with E-state index in [1.807, 2.05) is 27.1 Å². The number of pyridine rings is 1. The van der Waals surface area contributed by atoms with Gasteiger partial charge in [0.05, 0.1) is 23.2 Å². The van der Waals surface area contributed by atoms with Gasteiger partial charge in [-0.05, 0) is 39.6 Å². The van der Waals surface area contributed by atoms with Crippen LogP contribution in [0.25, 0.3) is 0 Å². The predicted octanol–water partition coefficient (Wildman–Crippen LogP) is 1.70. The van der Waals surface area contributed by atoms with E-state index in [4.69, 9.17) is 4.98 Å². The molecule has 106 valence electrons. The monoisotopic (exact) mass is 281 g/mol. The van der Waals surface area contributed by atoms with E-state index in [1.165, 1.54) is 0 Å². The van der Waals surface area contributed by atoms with Crippen LogP contribution in [0.15, 0.2) is 12.1 Å². The second-order valence-corrected chi connectivity index (χ2v) is 6.28. The first-order valence-electron chi connectivity index (χ1n) is 6.73. The molecule has 4 nitrogen and oxygen atoms in total. The molecule has 0 radical (unpaired) electrons. The summed E-state index contributed by atoms with van der Waals surface area (Å²) in [6.07, 6.45) is 0.627. The van der Waals surface area contributed by atoms with Crippen LogP contribution in [0.3, 0.4) is 0 Å². The van der Waals surface area contributed by atoms with Crippen LogP contribution in [-0.2, 0) is 6.54 Å². The number of hydrogen-bond acceptors (Lipinski definition) is 5. The molecule has 5 heteroatoms. The minimum Gasteiger partial charge on any atom is -0.391 e. The fourth-order valence-corrected chi connectivity index (χ4v) is 2.55. The fourth-order valence-electron chi connectivity index (χ4n) is 2.41. The maximum atomic E-state index is 9.69. The molecule has 0 spiro atoms. The van der Waals surface area contributed by atoms with Gasteiger partial charge in [0.25, 0.3) is 0 Å². The zero-order valence-electron chi connectivity index (χ0n) is 11.9. The number of aliphatic hydroxyl groups excluding tert-OH is 1. The van der Waals surface area contributed by atoms with Crippen LogP contribution in [0.5, 0.6) is 0 Å². The Hall–Kier alpha value is -0.780. The summed E-state index contributed by atoms with van der Waals surface area (Å²) in [6.45, 7) is 4.44. The molecule has 0 amide bonds. The summed E-state index contributed by atoms with van der Waals surface area (Å²) in [6, 6.07) is 4.16. The van der Waals surface area contributed by atoms with Gasteiger partial charge >= 0.3 is 0 Å². The summed E-state index contributed by atoms with van der Waals surface area (Å²) < 4.78 is 0. The first kappa shape index (κ1) is 14.6. The van der Waals surface area contributed by atoms with Crippen LogP contribution < -0.4 is 4.90 Å². The van der Waals surface area contributed by atoms with E-state index < -0.39 is 0 Å². The number of anilines is 1. The number of hydrogen-bond donors (Lipinski definition) is 2. The lowest BCUT2D eigenvalue weighted by Crippen LogP contribution is -2.24. The molecule has 0 aromatic carbocycles. The van der Waals surface area contributed by atoms with Gasteiger partial charge in [-0.15, -0.1) is 0 Å². The maximum Gasteiger partial charge on any atom is 0.0780 e. The summed E-state index contributed by atoms with van der Waals surface area (Å²) in [5.74, 6) is 0. The second-order valence-electron chi connectivity index (χ2n) is 5.50. The molecule has 1 fully saturated rings. The fraction of sp³-hybridized carbons (Fsp3) is 0.643. The van der Waals surface area contributed by atoms with Crippen molar-refractivity contribution >= 4 is 18.3 Å². The van der Waals surface area contributed by atoms with Crippen LogP contribution in [0.2, 0.25) is 0 Å². The second kappa shape index (κ2) is 6.11. The Morgan fingerprint density at radius 1 is 1.53 bits per heavy atom. The zero-order valence-corrected chi connectivity index (χ0v) is 12.8. The smallest absolute Gasteiger partial charge is 0.0780 e. The van der Waals surface area contributed by atoms with Crippen molar-refractivity contribution in [3.8, 4) is 0 Å². The number of aromatic nitrogens is 1. The first-order chi connectivity index (χ1) is 8.97. The van der Waals surface area contributed by atoms with Crippen molar-refractivity contribution in [2.24, 2.45) is 0 Å². The van der Waals surface area contributed by atoms with Gasteiger partial charge in [0, 0.05) is 24.9 Å². The quantitative estimate of drug-likeness (QED) is 0.824. The van der Waals surface area contributed by atoms with Gasteiger partial charge in [0.15, 0.2) is 0 Å². The molecule has 19 heavy (non-hydrogen) atoms. The lowest BCUT2D eigenvalue weighted by molar-refractivity contribution is 0.198. The maximum absolute atomic E-state index is 9.69. The van der Waals surface area contributed by atoms with E-state index in [9.17, 15) is 5.11 Å². The van der Waals surface area contributed by atoms with Gasteiger partial charge in [-0.3, -0.25) is 4.98 Å². The highest BCUT2D eigenvalue weighted by Crippen LogP contribution is 2.27. The van der Waals surface area contributed by atoms with Crippen molar-refractivity contribution in [3.05, 3.63) is 23.5 Å². The highest BCUT2D eigenvalue weighted by molar-refractivity contribution is 7.80. The van der Waals surface area contributed by atoms with Crippen molar-refractivity contribution in [3.63, 3.8) is 0 Å². The molecule has 2 heterocycles. The molecular formula is C14H23N3OS. The Kier molecular flexibility index (Phi) is 4.71. The number of rotatable bonds is 4. The van der Waals surface area contributed by atoms with Gasteiger partial charge in [-0.2, -0.15) is 12.6 Å². The largest absolute Gasteiger partial charge is 0.391 e. The average molecular weight is 281 g/mol. The molecule has 2 atom stereocenters. The van der Waals surface area contributed by atoms with Crippen LogP contribution in [0, 0.1) is 0 Å². The van der Waals surface area contributed by atoms with Crippen molar-refractivity contribution in [2.75, 3.05) is 32.1 Å². The standard InChI is InChI=1S/C14H23N3OS/c1-10(19)12-4-5-14(13(15-12)9-16(2)3)17-7-6-11(18)8-17/h4-5,10-11,18-19H,6-9H2,1-3H3. The Bertz CT molecular complexity index is 437. The summed E-state index contributed by atoms with van der Waals surface area (Å²) in [5, 5.41) is 9.83. The summed E-state index contributed by atoms with van der Waals surface area (Å²) in [7, 11) is 4.09. The average Bonchev–Trinajstić information content (AvgIpc) is 2.74. The summed E-state index contributed by atoms with van der Waals surface area (Å²) in [4.78, 5) is 9.08. The highest BCUT2D eigenvalue weighted by atomic mass is 32.1. The zero-order chi connectivity index (χ0) is 14.0. The van der Waals surface area contributed by atoms with Gasteiger partial charge < -0.3 is 14.9 Å². The minimum absolute atomic E-state index is 0.138. The molecule has 0 saturated carbocycles. The molecule has 0 bridgehead atoms. The number of nitrogens with zero attached hydrogens (tertiary/aromatic N) is 3. The van der Waals surface area contributed by atoms with Gasteiger partial charge in [0.2, 0.25) is 0 Å². The van der Waals surface area contributed by atoms with E-state index in [-0.39, 0.29) is 11.4 Å². The van der Waals surface area contributed by atoms with Gasteiger partial charge in [-0.25, -0.2) is 0 Å². The lowest BCUT2D eigenvalue weighted by Gasteiger charge is -2.23. The van der Waals surface area contributed by atoms with E-state index in [1.54, 1.807) is 0 Å². The molecule has 1 aromatic heterocycles. The van der Waals surface area contributed by atoms with Crippen molar-refractivity contribution in [2.45, 2.75) is 31.2 Å². The Morgan fingerprint density at radius 3 is 2.79 bits per heavy atom. The topological polar surface area (TPSA) is 39.6 Å². The summed E-state index contributed by atoms with van der Waals surface area (Å²) in [5.41, 5.74) is 3.21. The number of β-amino-alcohol motifs (C(OH)–C–C–N with tert-alkyl or cyclic N) is 1. The van der Waals surface area contributed by atoms with E-state index in [0.29, 0.717) is 6.54 Å². The highest BCUT2D eigenvalue weighted by Gasteiger charge is 2.23. The molecule has 1 saturated heterocycles. The Morgan fingerprint density at radius 2 is 2.26 bits per heavy atom. The molecule has 2 rings (SSSR count). The minimum atomic E-state index is -0.212. The van der Waals surface area contributed by atoms with Crippen molar-refractivity contribution < 1.29 is 5.11 Å². The SMILES string of the molecule is CC(S)c1ccc(N2CCC(O)C2)c(CN(C)C)n1. The molecule has 1 N–H and O–H groups in total. The molecule has 1 aromatic rings. The van der Waals surface area contributed by atoms with Crippen LogP contribution in [0.4, 0.5) is 5.69 Å². The van der Waals surface area contributed by atoms with E-state index in [0.717, 1.165) is 36.6 Å². The van der Waals surface area contributed by atoms with Crippen LogP contribution in [-0.4, -0.2) is 48.3 Å².